The van der Waals surface area contributed by atoms with Crippen LogP contribution in [-0.2, 0) is 6.42 Å². The van der Waals surface area contributed by atoms with E-state index < -0.39 is 0 Å². The second kappa shape index (κ2) is 7.32. The molecular weight excluding hydrogens is 395 g/mol. The topological polar surface area (TPSA) is 48.4 Å². The van der Waals surface area contributed by atoms with E-state index in [0.29, 0.717) is 22.6 Å². The molecule has 4 aliphatic heterocycles. The third kappa shape index (κ3) is 3.12. The van der Waals surface area contributed by atoms with Gasteiger partial charge in [0.2, 0.25) is 0 Å². The monoisotopic (exact) mass is 422 g/mol. The molecular formula is C22H28BClN6. The van der Waals surface area contributed by atoms with E-state index in [2.05, 4.69) is 19.6 Å². The number of piperazine rings is 1. The highest BCUT2D eigenvalue weighted by Gasteiger charge is 2.43. The van der Waals surface area contributed by atoms with Gasteiger partial charge in [-0.1, -0.05) is 11.6 Å². The summed E-state index contributed by atoms with van der Waals surface area (Å²) < 4.78 is 0. The Morgan fingerprint density at radius 2 is 1.83 bits per heavy atom. The molecule has 4 saturated heterocycles. The zero-order valence-electron chi connectivity index (χ0n) is 17.4. The largest absolute Gasteiger partial charge is 0.352 e. The normalized spacial score (nSPS) is 28.5. The summed E-state index contributed by atoms with van der Waals surface area (Å²) in [5, 5.41) is 0.626. The molecule has 0 spiro atoms. The molecule has 2 unspecified atom stereocenters. The average Bonchev–Trinajstić information content (AvgIpc) is 3.35. The summed E-state index contributed by atoms with van der Waals surface area (Å²) in [7, 11) is 6.29. The minimum atomic E-state index is 0.384. The van der Waals surface area contributed by atoms with Crippen LogP contribution >= 0.6 is 11.6 Å². The lowest BCUT2D eigenvalue weighted by molar-refractivity contribution is 0.182. The van der Waals surface area contributed by atoms with Gasteiger partial charge >= 0.3 is 0 Å². The summed E-state index contributed by atoms with van der Waals surface area (Å²) in [5.41, 5.74) is 2.10. The molecule has 30 heavy (non-hydrogen) atoms. The predicted molar refractivity (Wildman–Crippen MR) is 120 cm³/mol. The number of aryl methyl sites for hydroxylation is 1. The first-order valence-electron chi connectivity index (χ1n) is 11.5. The Kier molecular flexibility index (Phi) is 4.70. The van der Waals surface area contributed by atoms with E-state index in [0.717, 1.165) is 61.4 Å². The number of anilines is 1. The highest BCUT2D eigenvalue weighted by Crippen LogP contribution is 2.42. The molecule has 2 radical (unpaired) electrons. The van der Waals surface area contributed by atoms with Crippen molar-refractivity contribution in [2.24, 2.45) is 0 Å². The lowest BCUT2D eigenvalue weighted by Gasteiger charge is -2.40. The first-order valence-corrected chi connectivity index (χ1v) is 11.8. The predicted octanol–water partition coefficient (Wildman–Crippen LogP) is 2.98. The fourth-order valence-electron chi connectivity index (χ4n) is 6.44. The van der Waals surface area contributed by atoms with E-state index in [1.165, 1.54) is 38.8 Å². The van der Waals surface area contributed by atoms with Crippen LogP contribution in [0.3, 0.4) is 0 Å². The third-order valence-corrected chi connectivity index (χ3v) is 8.20. The average molecular weight is 423 g/mol. The van der Waals surface area contributed by atoms with Crippen LogP contribution in [0.2, 0.25) is 5.02 Å². The van der Waals surface area contributed by atoms with Crippen molar-refractivity contribution in [2.75, 3.05) is 31.1 Å². The van der Waals surface area contributed by atoms with Crippen LogP contribution in [0.5, 0.6) is 0 Å². The van der Waals surface area contributed by atoms with Crippen molar-refractivity contribution in [3.05, 3.63) is 23.1 Å². The quantitative estimate of drug-likeness (QED) is 0.706. The fraction of sp³-hybridized carbons (Fsp3) is 0.682. The van der Waals surface area contributed by atoms with Crippen LogP contribution in [0.4, 0.5) is 5.82 Å². The van der Waals surface area contributed by atoms with Gasteiger partial charge in [-0.25, -0.2) is 15.0 Å². The number of hydrogen-bond donors (Lipinski definition) is 0. The van der Waals surface area contributed by atoms with Crippen molar-refractivity contribution in [3.63, 3.8) is 0 Å². The van der Waals surface area contributed by atoms with Crippen LogP contribution in [0.15, 0.2) is 12.3 Å². The van der Waals surface area contributed by atoms with E-state index in [1.807, 2.05) is 6.07 Å². The molecule has 156 valence electrons. The number of halogens is 1. The highest BCUT2D eigenvalue weighted by atomic mass is 35.5. The first kappa shape index (κ1) is 19.3. The standard InChI is InChI=1S/C22H28BClN6/c23-30-16-3-4-17(30)14-28(13-16)21-20-18(11-15(24)12-25-20)26-19(27-21)5-8-22-6-1-9-29(22)10-2-7-22/h11-12,16-17H,1-10,13-14H2. The molecule has 0 aliphatic carbocycles. The molecule has 2 aromatic rings. The maximum absolute atomic E-state index is 6.29. The van der Waals surface area contributed by atoms with Gasteiger partial charge in [-0.15, -0.1) is 0 Å². The van der Waals surface area contributed by atoms with Gasteiger partial charge in [0, 0.05) is 43.3 Å². The van der Waals surface area contributed by atoms with E-state index in [4.69, 9.17) is 29.6 Å². The van der Waals surface area contributed by atoms with Crippen LogP contribution < -0.4 is 4.90 Å². The smallest absolute Gasteiger partial charge is 0.183 e. The van der Waals surface area contributed by atoms with Crippen LogP contribution in [0, 0.1) is 0 Å². The molecule has 2 atom stereocenters. The van der Waals surface area contributed by atoms with Gasteiger partial charge < -0.3 is 9.71 Å². The number of aromatic nitrogens is 3. The van der Waals surface area contributed by atoms with Gasteiger partial charge in [0.1, 0.15) is 11.3 Å². The van der Waals surface area contributed by atoms with Crippen LogP contribution in [0.25, 0.3) is 11.0 Å². The maximum atomic E-state index is 6.29. The Morgan fingerprint density at radius 3 is 2.57 bits per heavy atom. The van der Waals surface area contributed by atoms with E-state index in [1.54, 1.807) is 6.20 Å². The fourth-order valence-corrected chi connectivity index (χ4v) is 6.60. The first-order chi connectivity index (χ1) is 14.6. The van der Waals surface area contributed by atoms with Crippen molar-refractivity contribution >= 4 is 36.4 Å². The Labute approximate surface area is 184 Å². The molecule has 4 aliphatic rings. The molecule has 0 saturated carbocycles. The van der Waals surface area contributed by atoms with Crippen molar-refractivity contribution in [1.29, 1.82) is 0 Å². The van der Waals surface area contributed by atoms with Crippen LogP contribution in [-0.4, -0.2) is 76.4 Å². The van der Waals surface area contributed by atoms with Crippen molar-refractivity contribution in [2.45, 2.75) is 69.0 Å². The Balaban J connectivity index is 1.33. The summed E-state index contributed by atoms with van der Waals surface area (Å²) in [6.45, 7) is 4.33. The van der Waals surface area contributed by atoms with E-state index in [-0.39, 0.29) is 0 Å². The molecule has 0 N–H and O–H groups in total. The Hall–Kier alpha value is -1.44. The van der Waals surface area contributed by atoms with Gasteiger partial charge in [-0.05, 0) is 64.1 Å². The summed E-state index contributed by atoms with van der Waals surface area (Å²) in [5.74, 6) is 1.89. The summed E-state index contributed by atoms with van der Waals surface area (Å²) >= 11 is 6.27. The number of pyridine rings is 1. The minimum Gasteiger partial charge on any atom is -0.352 e. The van der Waals surface area contributed by atoms with Gasteiger partial charge in [-0.2, -0.15) is 0 Å². The molecule has 2 aromatic heterocycles. The molecule has 6 nitrogen and oxygen atoms in total. The maximum Gasteiger partial charge on any atom is 0.183 e. The van der Waals surface area contributed by atoms with Gasteiger partial charge in [0.15, 0.2) is 13.8 Å². The lowest BCUT2D eigenvalue weighted by Crippen LogP contribution is -2.53. The SMILES string of the molecule is [B]N1C2CCC1CN(c1nc(CCC34CCCN3CCC4)nc3cc(Cl)cnc13)C2. The lowest BCUT2D eigenvalue weighted by atomic mass is 9.89. The van der Waals surface area contributed by atoms with Gasteiger partial charge in [-0.3, -0.25) is 4.90 Å². The molecule has 0 amide bonds. The zero-order chi connectivity index (χ0) is 20.3. The molecule has 6 heterocycles. The highest BCUT2D eigenvalue weighted by molar-refractivity contribution is 6.31. The van der Waals surface area contributed by atoms with Crippen LogP contribution in [0.1, 0.15) is 50.8 Å². The van der Waals surface area contributed by atoms with Crippen molar-refractivity contribution < 1.29 is 0 Å². The van der Waals surface area contributed by atoms with Gasteiger partial charge in [0.05, 0.1) is 10.5 Å². The summed E-state index contributed by atoms with van der Waals surface area (Å²) in [4.78, 5) is 21.8. The molecule has 8 heteroatoms. The van der Waals surface area contributed by atoms with Gasteiger partial charge in [0.25, 0.3) is 0 Å². The van der Waals surface area contributed by atoms with Crippen molar-refractivity contribution in [3.8, 4) is 0 Å². The summed E-state index contributed by atoms with van der Waals surface area (Å²) in [6, 6.07) is 2.73. The molecule has 4 fully saturated rings. The number of nitrogens with zero attached hydrogens (tertiary/aromatic N) is 6. The Bertz CT molecular complexity index is 946. The number of fused-ring (bicyclic) bond motifs is 4. The van der Waals surface area contributed by atoms with E-state index >= 15 is 0 Å². The Morgan fingerprint density at radius 1 is 1.10 bits per heavy atom. The molecule has 2 bridgehead atoms. The second-order valence-electron chi connectivity index (χ2n) is 9.64. The van der Waals surface area contributed by atoms with E-state index in [9.17, 15) is 0 Å². The number of rotatable bonds is 4. The summed E-state index contributed by atoms with van der Waals surface area (Å²) in [6.07, 6.45) is 11.4. The third-order valence-electron chi connectivity index (χ3n) is 7.99. The second-order valence-corrected chi connectivity index (χ2v) is 10.1. The van der Waals surface area contributed by atoms with Crippen molar-refractivity contribution in [1.82, 2.24) is 24.7 Å². The molecule has 6 rings (SSSR count). The molecule has 0 aromatic carbocycles. The zero-order valence-corrected chi connectivity index (χ0v) is 18.2. The minimum absolute atomic E-state index is 0.384. The number of hydrogen-bond acceptors (Lipinski definition) is 6.